The number of rotatable bonds is 12. The molecule has 0 amide bonds. The first-order chi connectivity index (χ1) is 8.58. The van der Waals surface area contributed by atoms with Crippen LogP contribution in [0, 0.1) is 0 Å². The van der Waals surface area contributed by atoms with Crippen LogP contribution in [0.4, 0.5) is 0 Å². The van der Waals surface area contributed by atoms with Crippen LogP contribution in [0.15, 0.2) is 0 Å². The van der Waals surface area contributed by atoms with Crippen molar-refractivity contribution in [1.82, 2.24) is 4.90 Å². The molecule has 0 aliphatic carbocycles. The Balaban J connectivity index is 3.85. The lowest BCUT2D eigenvalue weighted by Crippen LogP contribution is -2.24. The zero-order chi connectivity index (χ0) is 13.9. The normalized spacial score (nSPS) is 12.3. The van der Waals surface area contributed by atoms with E-state index in [1.807, 2.05) is 20.9 Å². The van der Waals surface area contributed by atoms with Crippen molar-refractivity contribution in [3.05, 3.63) is 0 Å². The van der Waals surface area contributed by atoms with Gasteiger partial charge in [-0.3, -0.25) is 4.57 Å². The zero-order valence-corrected chi connectivity index (χ0v) is 12.8. The van der Waals surface area contributed by atoms with Gasteiger partial charge in [-0.15, -0.1) is 0 Å². The monoisotopic (exact) mass is 281 g/mol. The van der Waals surface area contributed by atoms with Crippen LogP contribution in [-0.4, -0.2) is 56.1 Å². The van der Waals surface area contributed by atoms with Crippen LogP contribution < -0.4 is 0 Å². The van der Waals surface area contributed by atoms with Crippen molar-refractivity contribution in [1.29, 1.82) is 0 Å². The van der Waals surface area contributed by atoms with Crippen LogP contribution in [0.3, 0.4) is 0 Å². The fourth-order valence-electron chi connectivity index (χ4n) is 1.64. The molecule has 0 aromatic rings. The van der Waals surface area contributed by atoms with Gasteiger partial charge in [-0.1, -0.05) is 0 Å². The largest absolute Gasteiger partial charge is 0.396 e. The second kappa shape index (κ2) is 10.9. The Morgan fingerprint density at radius 1 is 1.06 bits per heavy atom. The van der Waals surface area contributed by atoms with Crippen LogP contribution in [0.25, 0.3) is 0 Å². The minimum Gasteiger partial charge on any atom is -0.396 e. The van der Waals surface area contributed by atoms with Gasteiger partial charge in [0.15, 0.2) is 0 Å². The van der Waals surface area contributed by atoms with E-state index in [0.29, 0.717) is 25.9 Å². The Morgan fingerprint density at radius 2 is 1.67 bits per heavy atom. The van der Waals surface area contributed by atoms with Gasteiger partial charge in [0.1, 0.15) is 0 Å². The van der Waals surface area contributed by atoms with Crippen molar-refractivity contribution in [2.45, 2.75) is 33.1 Å². The Bertz CT molecular complexity index is 228. The smallest absolute Gasteiger partial charge is 0.331 e. The average Bonchev–Trinajstić information content (AvgIpc) is 2.33. The minimum atomic E-state index is -2.90. The molecule has 1 N–H and O–H groups in total. The Morgan fingerprint density at radius 3 is 2.17 bits per heavy atom. The predicted octanol–water partition coefficient (Wildman–Crippen LogP) is 2.35. The number of hydrogen-bond donors (Lipinski definition) is 1. The Kier molecular flexibility index (Phi) is 11.0. The highest BCUT2D eigenvalue weighted by Gasteiger charge is 2.23. The van der Waals surface area contributed by atoms with E-state index in [2.05, 4.69) is 4.90 Å². The summed E-state index contributed by atoms with van der Waals surface area (Å²) < 4.78 is 22.7. The Hall–Kier alpha value is 0.0700. The topological polar surface area (TPSA) is 59.0 Å². The van der Waals surface area contributed by atoms with Gasteiger partial charge in [-0.05, 0) is 46.7 Å². The van der Waals surface area contributed by atoms with Gasteiger partial charge in [0.2, 0.25) is 0 Å². The van der Waals surface area contributed by atoms with Gasteiger partial charge in [-0.25, -0.2) is 0 Å². The second-order valence-electron chi connectivity index (χ2n) is 4.26. The van der Waals surface area contributed by atoms with E-state index in [1.54, 1.807) is 0 Å². The molecule has 0 spiro atoms. The molecule has 0 aromatic carbocycles. The number of unbranched alkanes of at least 4 members (excludes halogenated alkanes) is 2. The number of nitrogens with zero attached hydrogens (tertiary/aromatic N) is 1. The van der Waals surface area contributed by atoms with E-state index in [0.717, 1.165) is 25.8 Å². The summed E-state index contributed by atoms with van der Waals surface area (Å²) in [6.45, 7) is 6.38. The van der Waals surface area contributed by atoms with Gasteiger partial charge in [0.25, 0.3) is 0 Å². The summed E-state index contributed by atoms with van der Waals surface area (Å²) in [6.07, 6.45) is 3.36. The highest BCUT2D eigenvalue weighted by atomic mass is 31.2. The van der Waals surface area contributed by atoms with Crippen molar-refractivity contribution < 1.29 is 18.7 Å². The summed E-state index contributed by atoms with van der Waals surface area (Å²) >= 11 is 0. The molecule has 0 bridgehead atoms. The van der Waals surface area contributed by atoms with Crippen LogP contribution in [-0.2, 0) is 13.6 Å². The SMILES string of the molecule is CCOP(=O)(CCN(C)CCCCCO)OCC. The molecule has 0 unspecified atom stereocenters. The van der Waals surface area contributed by atoms with E-state index in [1.165, 1.54) is 0 Å². The molecule has 0 heterocycles. The summed E-state index contributed by atoms with van der Waals surface area (Å²) in [5.74, 6) is 0. The number of aliphatic hydroxyl groups excluding tert-OH is 1. The first-order valence-electron chi connectivity index (χ1n) is 6.75. The lowest BCUT2D eigenvalue weighted by molar-refractivity contribution is 0.215. The number of aliphatic hydroxyl groups is 1. The maximum Gasteiger partial charge on any atom is 0.331 e. The fraction of sp³-hybridized carbons (Fsp3) is 1.00. The Labute approximate surface area is 111 Å². The molecule has 0 radical (unpaired) electrons. The van der Waals surface area contributed by atoms with Crippen molar-refractivity contribution in [2.75, 3.05) is 46.1 Å². The van der Waals surface area contributed by atoms with E-state index < -0.39 is 7.60 Å². The highest BCUT2D eigenvalue weighted by molar-refractivity contribution is 7.53. The van der Waals surface area contributed by atoms with Gasteiger partial charge < -0.3 is 19.1 Å². The third-order valence-corrected chi connectivity index (χ3v) is 4.66. The lowest BCUT2D eigenvalue weighted by atomic mass is 10.2. The van der Waals surface area contributed by atoms with Crippen LogP contribution in [0.1, 0.15) is 33.1 Å². The molecule has 0 aromatic heterocycles. The molecule has 110 valence electrons. The van der Waals surface area contributed by atoms with E-state index >= 15 is 0 Å². The van der Waals surface area contributed by atoms with Crippen molar-refractivity contribution >= 4 is 7.60 Å². The van der Waals surface area contributed by atoms with Crippen molar-refractivity contribution in [3.8, 4) is 0 Å². The van der Waals surface area contributed by atoms with E-state index in [-0.39, 0.29) is 6.61 Å². The zero-order valence-electron chi connectivity index (χ0n) is 11.9. The van der Waals surface area contributed by atoms with Crippen LogP contribution in [0.5, 0.6) is 0 Å². The van der Waals surface area contributed by atoms with Gasteiger partial charge in [-0.2, -0.15) is 0 Å². The van der Waals surface area contributed by atoms with E-state index in [9.17, 15) is 4.57 Å². The van der Waals surface area contributed by atoms with Gasteiger partial charge in [0.05, 0.1) is 19.4 Å². The number of hydrogen-bond acceptors (Lipinski definition) is 5. The average molecular weight is 281 g/mol. The first kappa shape index (κ1) is 18.1. The minimum absolute atomic E-state index is 0.258. The van der Waals surface area contributed by atoms with Gasteiger partial charge >= 0.3 is 7.60 Å². The molecular weight excluding hydrogens is 253 g/mol. The molecule has 6 heteroatoms. The second-order valence-corrected chi connectivity index (χ2v) is 6.44. The maximum absolute atomic E-state index is 12.2. The summed E-state index contributed by atoms with van der Waals surface area (Å²) in [7, 11) is -0.899. The fourth-order valence-corrected chi connectivity index (χ4v) is 3.34. The molecule has 0 atom stereocenters. The van der Waals surface area contributed by atoms with Crippen LogP contribution >= 0.6 is 7.60 Å². The summed E-state index contributed by atoms with van der Waals surface area (Å²) in [4.78, 5) is 2.13. The third kappa shape index (κ3) is 9.06. The standard InChI is InChI=1S/C12H28NO4P/c1-4-16-18(15,17-5-2)12-10-13(3)9-7-6-8-11-14/h14H,4-12H2,1-3H3. The lowest BCUT2D eigenvalue weighted by Gasteiger charge is -2.21. The predicted molar refractivity (Wildman–Crippen MR) is 74.2 cm³/mol. The quantitative estimate of drug-likeness (QED) is 0.439. The summed E-state index contributed by atoms with van der Waals surface area (Å²) in [5.41, 5.74) is 0. The molecule has 0 aliphatic rings. The van der Waals surface area contributed by atoms with Gasteiger partial charge in [0, 0.05) is 13.2 Å². The summed E-state index contributed by atoms with van der Waals surface area (Å²) in [6, 6.07) is 0. The van der Waals surface area contributed by atoms with Crippen LogP contribution in [0.2, 0.25) is 0 Å². The molecule has 0 rings (SSSR count). The summed E-state index contributed by atoms with van der Waals surface area (Å²) in [5, 5.41) is 8.68. The highest BCUT2D eigenvalue weighted by Crippen LogP contribution is 2.47. The maximum atomic E-state index is 12.2. The molecular formula is C12H28NO4P. The molecule has 5 nitrogen and oxygen atoms in total. The van der Waals surface area contributed by atoms with E-state index in [4.69, 9.17) is 14.2 Å². The molecule has 0 aliphatic heterocycles. The molecule has 18 heavy (non-hydrogen) atoms. The van der Waals surface area contributed by atoms with Crippen molar-refractivity contribution in [3.63, 3.8) is 0 Å². The first-order valence-corrected chi connectivity index (χ1v) is 8.48. The molecule has 0 fully saturated rings. The van der Waals surface area contributed by atoms with Crippen molar-refractivity contribution in [2.24, 2.45) is 0 Å². The molecule has 0 saturated carbocycles. The molecule has 0 saturated heterocycles. The third-order valence-electron chi connectivity index (χ3n) is 2.61.